The molecule has 3 heteroatoms. The zero-order chi connectivity index (χ0) is 11.5. The SMILES string of the molecule is CC=C[C@H]1CCCN1C(=O)OC(C)(C)C. The smallest absolute Gasteiger partial charge is 0.410 e. The van der Waals surface area contributed by atoms with Gasteiger partial charge < -0.3 is 9.64 Å². The number of nitrogens with zero attached hydrogens (tertiary/aromatic N) is 1. The molecule has 1 rings (SSSR count). The Morgan fingerprint density at radius 3 is 2.67 bits per heavy atom. The van der Waals surface area contributed by atoms with E-state index in [4.69, 9.17) is 4.74 Å². The van der Waals surface area contributed by atoms with E-state index >= 15 is 0 Å². The third-order valence-electron chi connectivity index (χ3n) is 2.34. The lowest BCUT2D eigenvalue weighted by atomic mass is 10.2. The molecule has 3 nitrogen and oxygen atoms in total. The first-order valence-corrected chi connectivity index (χ1v) is 5.56. The second-order valence-corrected chi connectivity index (χ2v) is 4.91. The highest BCUT2D eigenvalue weighted by Gasteiger charge is 2.30. The van der Waals surface area contributed by atoms with Crippen molar-refractivity contribution >= 4 is 6.09 Å². The molecule has 1 fully saturated rings. The summed E-state index contributed by atoms with van der Waals surface area (Å²) in [5.41, 5.74) is -0.403. The van der Waals surface area contributed by atoms with E-state index in [1.165, 1.54) is 0 Å². The van der Waals surface area contributed by atoms with Crippen molar-refractivity contribution in [1.29, 1.82) is 0 Å². The maximum absolute atomic E-state index is 11.8. The molecule has 1 atom stereocenters. The van der Waals surface area contributed by atoms with Crippen molar-refractivity contribution in [2.75, 3.05) is 6.54 Å². The zero-order valence-corrected chi connectivity index (χ0v) is 10.1. The average molecular weight is 211 g/mol. The summed E-state index contributed by atoms with van der Waals surface area (Å²) < 4.78 is 5.35. The number of carbonyl (C=O) groups is 1. The third kappa shape index (κ3) is 3.57. The van der Waals surface area contributed by atoms with Crippen molar-refractivity contribution in [2.24, 2.45) is 0 Å². The van der Waals surface area contributed by atoms with E-state index in [2.05, 4.69) is 6.08 Å². The Hall–Kier alpha value is -0.990. The van der Waals surface area contributed by atoms with Crippen LogP contribution in [0, 0.1) is 0 Å². The van der Waals surface area contributed by atoms with Crippen LogP contribution in [-0.2, 0) is 4.74 Å². The van der Waals surface area contributed by atoms with Gasteiger partial charge in [0, 0.05) is 6.54 Å². The standard InChI is InChI=1S/C12H21NO2/c1-5-7-10-8-6-9-13(10)11(14)15-12(2,3)4/h5,7,10H,6,8-9H2,1-4H3/t10-/m0/s1. The molecule has 0 radical (unpaired) electrons. The van der Waals surface area contributed by atoms with E-state index < -0.39 is 5.60 Å². The summed E-state index contributed by atoms with van der Waals surface area (Å²) in [7, 11) is 0. The number of likely N-dealkylation sites (tertiary alicyclic amines) is 1. The lowest BCUT2D eigenvalue weighted by Gasteiger charge is -2.27. The third-order valence-corrected chi connectivity index (χ3v) is 2.34. The number of allylic oxidation sites excluding steroid dienone is 1. The highest BCUT2D eigenvalue weighted by atomic mass is 16.6. The molecule has 15 heavy (non-hydrogen) atoms. The average Bonchev–Trinajstić information content (AvgIpc) is 2.49. The van der Waals surface area contributed by atoms with Crippen LogP contribution in [0.15, 0.2) is 12.2 Å². The van der Waals surface area contributed by atoms with Gasteiger partial charge in [-0.3, -0.25) is 0 Å². The van der Waals surface area contributed by atoms with Crippen LogP contribution >= 0.6 is 0 Å². The zero-order valence-electron chi connectivity index (χ0n) is 10.1. The maximum atomic E-state index is 11.8. The van der Waals surface area contributed by atoms with E-state index in [0.717, 1.165) is 19.4 Å². The molecule has 0 saturated carbocycles. The quantitative estimate of drug-likeness (QED) is 0.624. The molecular formula is C12H21NO2. The van der Waals surface area contributed by atoms with Crippen LogP contribution in [0.3, 0.4) is 0 Å². The number of ether oxygens (including phenoxy) is 1. The van der Waals surface area contributed by atoms with Crippen LogP contribution in [0.5, 0.6) is 0 Å². The van der Waals surface area contributed by atoms with Crippen LogP contribution in [0.1, 0.15) is 40.5 Å². The van der Waals surface area contributed by atoms with E-state index in [1.807, 2.05) is 38.7 Å². The largest absolute Gasteiger partial charge is 0.444 e. The van der Waals surface area contributed by atoms with E-state index in [-0.39, 0.29) is 12.1 Å². The molecule has 0 bridgehead atoms. The maximum Gasteiger partial charge on any atom is 0.410 e. The Labute approximate surface area is 92.1 Å². The molecule has 0 spiro atoms. The fraction of sp³-hybridized carbons (Fsp3) is 0.750. The molecule has 0 N–H and O–H groups in total. The van der Waals surface area contributed by atoms with E-state index in [1.54, 1.807) is 0 Å². The van der Waals surface area contributed by atoms with Crippen LogP contribution in [0.4, 0.5) is 4.79 Å². The van der Waals surface area contributed by atoms with Crippen LogP contribution < -0.4 is 0 Å². The molecule has 0 unspecified atom stereocenters. The minimum atomic E-state index is -0.403. The summed E-state index contributed by atoms with van der Waals surface area (Å²) in [4.78, 5) is 13.6. The molecule has 0 aromatic carbocycles. The lowest BCUT2D eigenvalue weighted by Crippen LogP contribution is -2.39. The van der Waals surface area contributed by atoms with Gasteiger partial charge in [0.15, 0.2) is 0 Å². The van der Waals surface area contributed by atoms with Crippen molar-refractivity contribution in [3.8, 4) is 0 Å². The molecule has 1 amide bonds. The highest BCUT2D eigenvalue weighted by Crippen LogP contribution is 2.21. The minimum absolute atomic E-state index is 0.192. The van der Waals surface area contributed by atoms with Gasteiger partial charge in [-0.25, -0.2) is 4.79 Å². The van der Waals surface area contributed by atoms with Gasteiger partial charge >= 0.3 is 6.09 Å². The van der Waals surface area contributed by atoms with E-state index in [9.17, 15) is 4.79 Å². The number of amides is 1. The van der Waals surface area contributed by atoms with Crippen LogP contribution in [0.25, 0.3) is 0 Å². The Balaban J connectivity index is 2.59. The molecular weight excluding hydrogens is 190 g/mol. The molecule has 0 aromatic rings. The van der Waals surface area contributed by atoms with Gasteiger partial charge in [0.2, 0.25) is 0 Å². The van der Waals surface area contributed by atoms with Gasteiger partial charge in [-0.1, -0.05) is 12.2 Å². The van der Waals surface area contributed by atoms with Gasteiger partial charge in [-0.15, -0.1) is 0 Å². The molecule has 1 heterocycles. The molecule has 1 saturated heterocycles. The first-order valence-electron chi connectivity index (χ1n) is 5.56. The number of hydrogen-bond acceptors (Lipinski definition) is 2. The summed E-state index contributed by atoms with van der Waals surface area (Å²) in [6.45, 7) is 8.47. The highest BCUT2D eigenvalue weighted by molar-refractivity contribution is 5.69. The Kier molecular flexibility index (Phi) is 3.77. The predicted octanol–water partition coefficient (Wildman–Crippen LogP) is 2.96. The predicted molar refractivity (Wildman–Crippen MR) is 60.8 cm³/mol. The first-order chi connectivity index (χ1) is 6.94. The fourth-order valence-electron chi connectivity index (χ4n) is 1.76. The van der Waals surface area contributed by atoms with E-state index in [0.29, 0.717) is 0 Å². The summed E-state index contributed by atoms with van der Waals surface area (Å²) in [6, 6.07) is 0.227. The Morgan fingerprint density at radius 1 is 1.47 bits per heavy atom. The molecule has 1 aliphatic rings. The normalized spacial score (nSPS) is 22.4. The lowest BCUT2D eigenvalue weighted by molar-refractivity contribution is 0.0256. The van der Waals surface area contributed by atoms with Gasteiger partial charge in [0.05, 0.1) is 6.04 Å². The van der Waals surface area contributed by atoms with Gasteiger partial charge in [-0.2, -0.15) is 0 Å². The molecule has 86 valence electrons. The van der Waals surface area contributed by atoms with Crippen molar-refractivity contribution in [2.45, 2.75) is 52.2 Å². The second-order valence-electron chi connectivity index (χ2n) is 4.91. The Morgan fingerprint density at radius 2 is 2.13 bits per heavy atom. The van der Waals surface area contributed by atoms with Crippen molar-refractivity contribution in [1.82, 2.24) is 4.90 Å². The van der Waals surface area contributed by atoms with Crippen molar-refractivity contribution in [3.05, 3.63) is 12.2 Å². The summed E-state index contributed by atoms with van der Waals surface area (Å²) in [5.74, 6) is 0. The van der Waals surface area contributed by atoms with Crippen LogP contribution in [0.2, 0.25) is 0 Å². The minimum Gasteiger partial charge on any atom is -0.444 e. The Bertz CT molecular complexity index is 253. The van der Waals surface area contributed by atoms with Gasteiger partial charge in [-0.05, 0) is 40.5 Å². The van der Waals surface area contributed by atoms with Crippen molar-refractivity contribution in [3.63, 3.8) is 0 Å². The van der Waals surface area contributed by atoms with Crippen molar-refractivity contribution < 1.29 is 9.53 Å². The van der Waals surface area contributed by atoms with Crippen LogP contribution in [-0.4, -0.2) is 29.2 Å². The summed E-state index contributed by atoms with van der Waals surface area (Å²) >= 11 is 0. The first kappa shape index (κ1) is 12.1. The topological polar surface area (TPSA) is 29.5 Å². The number of carbonyl (C=O) groups excluding carboxylic acids is 1. The molecule has 0 aliphatic carbocycles. The summed E-state index contributed by atoms with van der Waals surface area (Å²) in [6.07, 6.45) is 5.98. The second kappa shape index (κ2) is 4.69. The monoisotopic (exact) mass is 211 g/mol. The summed E-state index contributed by atoms with van der Waals surface area (Å²) in [5, 5.41) is 0. The number of hydrogen-bond donors (Lipinski definition) is 0. The molecule has 0 aromatic heterocycles. The van der Waals surface area contributed by atoms with Gasteiger partial charge in [0.1, 0.15) is 5.60 Å². The molecule has 1 aliphatic heterocycles. The number of rotatable bonds is 1. The fourth-order valence-corrected chi connectivity index (χ4v) is 1.76. The van der Waals surface area contributed by atoms with Gasteiger partial charge in [0.25, 0.3) is 0 Å².